The number of nitrogens with one attached hydrogen (secondary N) is 1. The van der Waals surface area contributed by atoms with Crippen molar-refractivity contribution in [1.82, 2.24) is 9.97 Å². The SMILES string of the molecule is CCNc1cc(N2CCCC2CC)nc(C(C)C)n1. The van der Waals surface area contributed by atoms with Crippen molar-refractivity contribution in [2.75, 3.05) is 23.3 Å². The molecule has 1 N–H and O–H groups in total. The average molecular weight is 262 g/mol. The average Bonchev–Trinajstić information content (AvgIpc) is 2.87. The molecule has 1 aliphatic heterocycles. The van der Waals surface area contributed by atoms with E-state index in [0.29, 0.717) is 12.0 Å². The molecule has 1 saturated heterocycles. The second kappa shape index (κ2) is 6.22. The zero-order chi connectivity index (χ0) is 13.8. The Kier molecular flexibility index (Phi) is 4.61. The molecule has 1 aliphatic rings. The summed E-state index contributed by atoms with van der Waals surface area (Å²) in [6.45, 7) is 10.7. The number of nitrogens with zero attached hydrogens (tertiary/aromatic N) is 3. The number of hydrogen-bond donors (Lipinski definition) is 1. The fourth-order valence-corrected chi connectivity index (χ4v) is 2.69. The lowest BCUT2D eigenvalue weighted by atomic mass is 10.1. The summed E-state index contributed by atoms with van der Waals surface area (Å²) in [5.74, 6) is 3.35. The predicted octanol–water partition coefficient (Wildman–Crippen LogP) is 3.41. The van der Waals surface area contributed by atoms with Crippen LogP contribution in [0, 0.1) is 0 Å². The maximum absolute atomic E-state index is 4.77. The van der Waals surface area contributed by atoms with Crippen molar-refractivity contribution in [1.29, 1.82) is 0 Å². The molecule has 1 aromatic heterocycles. The van der Waals surface area contributed by atoms with E-state index in [2.05, 4.69) is 49.0 Å². The van der Waals surface area contributed by atoms with Crippen molar-refractivity contribution >= 4 is 11.6 Å². The Morgan fingerprint density at radius 1 is 1.37 bits per heavy atom. The van der Waals surface area contributed by atoms with Gasteiger partial charge in [0, 0.05) is 31.1 Å². The largest absolute Gasteiger partial charge is 0.370 e. The quantitative estimate of drug-likeness (QED) is 0.883. The van der Waals surface area contributed by atoms with Gasteiger partial charge in [0.1, 0.15) is 17.5 Å². The summed E-state index contributed by atoms with van der Waals surface area (Å²) in [4.78, 5) is 11.8. The molecular weight excluding hydrogens is 236 g/mol. The molecule has 1 unspecified atom stereocenters. The lowest BCUT2D eigenvalue weighted by Crippen LogP contribution is -2.29. The van der Waals surface area contributed by atoms with E-state index >= 15 is 0 Å². The fourth-order valence-electron chi connectivity index (χ4n) is 2.69. The minimum absolute atomic E-state index is 0.361. The van der Waals surface area contributed by atoms with Gasteiger partial charge < -0.3 is 10.2 Å². The molecule has 1 fully saturated rings. The first-order chi connectivity index (χ1) is 9.15. The van der Waals surface area contributed by atoms with Crippen LogP contribution in [0.1, 0.15) is 58.7 Å². The molecule has 0 aliphatic carbocycles. The molecule has 0 radical (unpaired) electrons. The molecule has 1 atom stereocenters. The first-order valence-corrected chi connectivity index (χ1v) is 7.55. The molecule has 0 aromatic carbocycles. The van der Waals surface area contributed by atoms with Crippen molar-refractivity contribution in [3.8, 4) is 0 Å². The Hall–Kier alpha value is -1.32. The van der Waals surface area contributed by atoms with Crippen molar-refractivity contribution in [3.63, 3.8) is 0 Å². The molecule has 106 valence electrons. The summed E-state index contributed by atoms with van der Waals surface area (Å²) < 4.78 is 0. The molecule has 2 heterocycles. The molecule has 2 rings (SSSR count). The summed E-state index contributed by atoms with van der Waals surface area (Å²) >= 11 is 0. The molecule has 0 bridgehead atoms. The molecular formula is C15H26N4. The van der Waals surface area contributed by atoms with E-state index in [1.165, 1.54) is 19.3 Å². The summed E-state index contributed by atoms with van der Waals surface area (Å²) in [7, 11) is 0. The minimum atomic E-state index is 0.361. The molecule has 4 heteroatoms. The molecule has 1 aromatic rings. The van der Waals surface area contributed by atoms with Crippen LogP contribution in [0.2, 0.25) is 0 Å². The van der Waals surface area contributed by atoms with Gasteiger partial charge in [0.25, 0.3) is 0 Å². The van der Waals surface area contributed by atoms with Crippen molar-refractivity contribution in [2.45, 2.75) is 58.9 Å². The van der Waals surface area contributed by atoms with Gasteiger partial charge in [-0.05, 0) is 26.2 Å². The zero-order valence-electron chi connectivity index (χ0n) is 12.6. The van der Waals surface area contributed by atoms with Gasteiger partial charge in [-0.1, -0.05) is 20.8 Å². The lowest BCUT2D eigenvalue weighted by molar-refractivity contribution is 0.636. The van der Waals surface area contributed by atoms with Crippen LogP contribution in [-0.4, -0.2) is 29.1 Å². The Balaban J connectivity index is 2.32. The number of aromatic nitrogens is 2. The van der Waals surface area contributed by atoms with Crippen LogP contribution in [-0.2, 0) is 0 Å². The van der Waals surface area contributed by atoms with E-state index in [0.717, 1.165) is 30.5 Å². The van der Waals surface area contributed by atoms with Crippen LogP contribution in [0.5, 0.6) is 0 Å². The topological polar surface area (TPSA) is 41.0 Å². The monoisotopic (exact) mass is 262 g/mol. The third-order valence-electron chi connectivity index (χ3n) is 3.75. The van der Waals surface area contributed by atoms with Gasteiger partial charge in [0.05, 0.1) is 0 Å². The summed E-state index contributed by atoms with van der Waals surface area (Å²) in [6, 6.07) is 2.74. The van der Waals surface area contributed by atoms with Crippen molar-refractivity contribution in [2.24, 2.45) is 0 Å². The Morgan fingerprint density at radius 3 is 2.79 bits per heavy atom. The summed E-state index contributed by atoms with van der Waals surface area (Å²) in [5.41, 5.74) is 0. The van der Waals surface area contributed by atoms with Gasteiger partial charge in [0.2, 0.25) is 0 Å². The van der Waals surface area contributed by atoms with Gasteiger partial charge >= 0.3 is 0 Å². The third kappa shape index (κ3) is 3.17. The predicted molar refractivity (Wildman–Crippen MR) is 80.9 cm³/mol. The normalized spacial score (nSPS) is 19.2. The van der Waals surface area contributed by atoms with Gasteiger partial charge in [0.15, 0.2) is 0 Å². The Bertz CT molecular complexity index is 417. The van der Waals surface area contributed by atoms with E-state index < -0.39 is 0 Å². The molecule has 0 amide bonds. The first-order valence-electron chi connectivity index (χ1n) is 7.55. The standard InChI is InChI=1S/C15H26N4/c1-5-12-8-7-9-19(12)14-10-13(16-6-2)17-15(18-14)11(3)4/h10-12H,5-9H2,1-4H3,(H,16,17,18). The lowest BCUT2D eigenvalue weighted by Gasteiger charge is -2.26. The summed E-state index contributed by atoms with van der Waals surface area (Å²) in [6.07, 6.45) is 3.75. The smallest absolute Gasteiger partial charge is 0.135 e. The highest BCUT2D eigenvalue weighted by molar-refractivity contribution is 5.51. The molecule has 19 heavy (non-hydrogen) atoms. The van der Waals surface area contributed by atoms with Crippen LogP contribution in [0.15, 0.2) is 6.07 Å². The first kappa shape index (κ1) is 14.1. The molecule has 4 nitrogen and oxygen atoms in total. The van der Waals surface area contributed by atoms with E-state index in [9.17, 15) is 0 Å². The van der Waals surface area contributed by atoms with Crippen molar-refractivity contribution < 1.29 is 0 Å². The second-order valence-electron chi connectivity index (χ2n) is 5.55. The van der Waals surface area contributed by atoms with E-state index in [1.54, 1.807) is 0 Å². The fraction of sp³-hybridized carbons (Fsp3) is 0.733. The third-order valence-corrected chi connectivity index (χ3v) is 3.75. The highest BCUT2D eigenvalue weighted by atomic mass is 15.2. The Morgan fingerprint density at radius 2 is 2.16 bits per heavy atom. The number of rotatable bonds is 5. The second-order valence-corrected chi connectivity index (χ2v) is 5.55. The Labute approximate surface area is 116 Å². The van der Waals surface area contributed by atoms with E-state index in [1.807, 2.05) is 0 Å². The van der Waals surface area contributed by atoms with Gasteiger partial charge in [-0.2, -0.15) is 0 Å². The van der Waals surface area contributed by atoms with Crippen LogP contribution in [0.25, 0.3) is 0 Å². The van der Waals surface area contributed by atoms with Gasteiger partial charge in [-0.15, -0.1) is 0 Å². The van der Waals surface area contributed by atoms with Crippen LogP contribution >= 0.6 is 0 Å². The van der Waals surface area contributed by atoms with Crippen LogP contribution < -0.4 is 10.2 Å². The van der Waals surface area contributed by atoms with Crippen LogP contribution in [0.4, 0.5) is 11.6 Å². The van der Waals surface area contributed by atoms with E-state index in [4.69, 9.17) is 4.98 Å². The minimum Gasteiger partial charge on any atom is -0.370 e. The molecule has 0 saturated carbocycles. The van der Waals surface area contributed by atoms with Gasteiger partial charge in [-0.3, -0.25) is 0 Å². The highest BCUT2D eigenvalue weighted by Crippen LogP contribution is 2.28. The van der Waals surface area contributed by atoms with E-state index in [-0.39, 0.29) is 0 Å². The van der Waals surface area contributed by atoms with Crippen molar-refractivity contribution in [3.05, 3.63) is 11.9 Å². The van der Waals surface area contributed by atoms with Gasteiger partial charge in [-0.25, -0.2) is 9.97 Å². The zero-order valence-corrected chi connectivity index (χ0v) is 12.6. The van der Waals surface area contributed by atoms with Crippen LogP contribution in [0.3, 0.4) is 0 Å². The number of anilines is 2. The maximum Gasteiger partial charge on any atom is 0.135 e. The molecule has 0 spiro atoms. The highest BCUT2D eigenvalue weighted by Gasteiger charge is 2.25. The summed E-state index contributed by atoms with van der Waals surface area (Å²) in [5, 5.41) is 3.32. The number of hydrogen-bond acceptors (Lipinski definition) is 4. The maximum atomic E-state index is 4.77.